The summed E-state index contributed by atoms with van der Waals surface area (Å²) in [5.74, 6) is 0. The molecule has 0 unspecified atom stereocenters. The molecule has 0 aromatic heterocycles. The molecule has 0 N–H and O–H groups in total. The van der Waals surface area contributed by atoms with E-state index in [0.29, 0.717) is 0 Å². The third kappa shape index (κ3) is 4.99. The van der Waals surface area contributed by atoms with Gasteiger partial charge in [-0.15, -0.1) is 0 Å². The van der Waals surface area contributed by atoms with Gasteiger partial charge >= 0.3 is 0 Å². The largest absolute Gasteiger partial charge is 0.0616 e. The van der Waals surface area contributed by atoms with Crippen molar-refractivity contribution in [3.05, 3.63) is 205 Å². The summed E-state index contributed by atoms with van der Waals surface area (Å²) in [6, 6.07) is 72.2. The summed E-state index contributed by atoms with van der Waals surface area (Å²) in [5, 5.41) is 10.2. The number of hydrogen-bond acceptors (Lipinski definition) is 0. The van der Waals surface area contributed by atoms with Crippen LogP contribution in [0.5, 0.6) is 0 Å². The third-order valence-electron chi connectivity index (χ3n) is 12.2. The van der Waals surface area contributed by atoms with Gasteiger partial charge in [0.05, 0.1) is 0 Å². The van der Waals surface area contributed by atoms with Crippen LogP contribution in [-0.4, -0.2) is 0 Å². The highest BCUT2D eigenvalue weighted by molar-refractivity contribution is 6.21. The lowest BCUT2D eigenvalue weighted by molar-refractivity contribution is 0.661. The van der Waals surface area contributed by atoms with Crippen molar-refractivity contribution >= 4 is 43.1 Å². The molecule has 0 radical (unpaired) electrons. The fraction of sp³-hybridized carbons (Fsp3) is 0.0545. The van der Waals surface area contributed by atoms with Gasteiger partial charge < -0.3 is 0 Å². The maximum atomic E-state index is 2.42. The van der Waals surface area contributed by atoms with Crippen molar-refractivity contribution in [3.63, 3.8) is 0 Å². The van der Waals surface area contributed by atoms with E-state index < -0.39 is 0 Å². The molecule has 55 heavy (non-hydrogen) atoms. The smallest absolute Gasteiger partial charge is 0.0159 e. The maximum Gasteiger partial charge on any atom is 0.0159 e. The molecule has 10 aromatic rings. The van der Waals surface area contributed by atoms with E-state index in [1.165, 1.54) is 110 Å². The Balaban J connectivity index is 1.02. The van der Waals surface area contributed by atoms with Crippen molar-refractivity contribution in [2.45, 2.75) is 19.3 Å². The van der Waals surface area contributed by atoms with Gasteiger partial charge in [0.1, 0.15) is 0 Å². The summed E-state index contributed by atoms with van der Waals surface area (Å²) in [5.41, 5.74) is 15.4. The topological polar surface area (TPSA) is 0 Å². The molecule has 10 aromatic carbocycles. The highest BCUT2D eigenvalue weighted by Gasteiger charge is 2.35. The fourth-order valence-electron chi connectivity index (χ4n) is 9.42. The first kappa shape index (κ1) is 31.7. The average molecular weight is 699 g/mol. The predicted octanol–water partition coefficient (Wildman–Crippen LogP) is 15.3. The lowest BCUT2D eigenvalue weighted by Crippen LogP contribution is -2.14. The summed E-state index contributed by atoms with van der Waals surface area (Å²) >= 11 is 0. The minimum atomic E-state index is -0.0386. The van der Waals surface area contributed by atoms with E-state index in [4.69, 9.17) is 0 Å². The molecule has 1 aliphatic rings. The van der Waals surface area contributed by atoms with Crippen LogP contribution in [0.4, 0.5) is 0 Å². The van der Waals surface area contributed by atoms with Gasteiger partial charge in [0.2, 0.25) is 0 Å². The van der Waals surface area contributed by atoms with Gasteiger partial charge in [-0.3, -0.25) is 0 Å². The quantitative estimate of drug-likeness (QED) is 0.161. The number of fused-ring (bicyclic) bond motifs is 7. The van der Waals surface area contributed by atoms with Crippen LogP contribution in [0.15, 0.2) is 194 Å². The van der Waals surface area contributed by atoms with Crippen LogP contribution < -0.4 is 0 Å². The molecular weight excluding hydrogens is 661 g/mol. The van der Waals surface area contributed by atoms with Crippen molar-refractivity contribution < 1.29 is 0 Å². The minimum absolute atomic E-state index is 0.0386. The summed E-state index contributed by atoms with van der Waals surface area (Å²) in [4.78, 5) is 0. The van der Waals surface area contributed by atoms with Gasteiger partial charge in [-0.1, -0.05) is 178 Å². The molecule has 11 rings (SSSR count). The molecular formula is C55H38. The summed E-state index contributed by atoms with van der Waals surface area (Å²) < 4.78 is 0. The molecule has 0 fully saturated rings. The third-order valence-corrected chi connectivity index (χ3v) is 12.2. The SMILES string of the molecule is CC1(C)c2ccc(-c3ccc(-c4c5ccccc5c(-c5cccc(-c6ccc7ccccc7c6)c5)c5ccccc45)cc3)cc2-c2cc3ccccc3cc21. The molecule has 258 valence electrons. The number of hydrogen-bond donors (Lipinski definition) is 0. The Labute approximate surface area is 322 Å². The van der Waals surface area contributed by atoms with Crippen LogP contribution >= 0.6 is 0 Å². The monoisotopic (exact) mass is 698 g/mol. The van der Waals surface area contributed by atoms with Gasteiger partial charge in [0.15, 0.2) is 0 Å². The zero-order chi connectivity index (χ0) is 36.7. The second-order valence-corrected chi connectivity index (χ2v) is 15.7. The van der Waals surface area contributed by atoms with Gasteiger partial charge in [0, 0.05) is 5.41 Å². The van der Waals surface area contributed by atoms with E-state index in [-0.39, 0.29) is 5.41 Å². The molecule has 0 heterocycles. The first-order valence-electron chi connectivity index (χ1n) is 19.3. The van der Waals surface area contributed by atoms with Crippen LogP contribution in [0.3, 0.4) is 0 Å². The molecule has 0 atom stereocenters. The maximum absolute atomic E-state index is 2.42. The van der Waals surface area contributed by atoms with Crippen molar-refractivity contribution in [1.82, 2.24) is 0 Å². The van der Waals surface area contributed by atoms with Crippen LogP contribution in [-0.2, 0) is 5.41 Å². The summed E-state index contributed by atoms with van der Waals surface area (Å²) in [6.45, 7) is 4.73. The molecule has 0 bridgehead atoms. The van der Waals surface area contributed by atoms with E-state index in [0.717, 1.165) is 0 Å². The Morgan fingerprint density at radius 2 is 0.727 bits per heavy atom. The molecule has 0 nitrogen and oxygen atoms in total. The molecule has 0 heteroatoms. The Bertz CT molecular complexity index is 3100. The van der Waals surface area contributed by atoms with E-state index in [1.807, 2.05) is 0 Å². The van der Waals surface area contributed by atoms with Crippen molar-refractivity contribution in [2.24, 2.45) is 0 Å². The Morgan fingerprint density at radius 3 is 1.40 bits per heavy atom. The predicted molar refractivity (Wildman–Crippen MR) is 236 cm³/mol. The van der Waals surface area contributed by atoms with Crippen LogP contribution in [0.25, 0.3) is 98.7 Å². The van der Waals surface area contributed by atoms with Crippen molar-refractivity contribution in [2.75, 3.05) is 0 Å². The van der Waals surface area contributed by atoms with Crippen molar-refractivity contribution in [3.8, 4) is 55.6 Å². The molecule has 0 amide bonds. The Morgan fingerprint density at radius 1 is 0.273 bits per heavy atom. The van der Waals surface area contributed by atoms with E-state index in [1.54, 1.807) is 0 Å². The standard InChI is InChI=1S/C55H38/c1-55(2)51-29-28-43(33-49(51)50-32-40-14-5-6-15-41(40)34-52(50)55)36-22-25-37(26-23-36)53-45-18-7-9-20-47(45)54(48-21-10-8-19-46(48)53)44-17-11-16-39(31-44)42-27-24-35-12-3-4-13-38(35)30-42/h3-34H,1-2H3. The Kier molecular flexibility index (Phi) is 7.00. The zero-order valence-corrected chi connectivity index (χ0v) is 31.0. The summed E-state index contributed by atoms with van der Waals surface area (Å²) in [6.07, 6.45) is 0. The molecule has 0 spiro atoms. The van der Waals surface area contributed by atoms with Crippen LogP contribution in [0.1, 0.15) is 25.0 Å². The molecule has 0 aliphatic heterocycles. The van der Waals surface area contributed by atoms with Gasteiger partial charge in [-0.2, -0.15) is 0 Å². The van der Waals surface area contributed by atoms with E-state index in [9.17, 15) is 0 Å². The highest BCUT2D eigenvalue weighted by Crippen LogP contribution is 2.51. The van der Waals surface area contributed by atoms with Crippen molar-refractivity contribution in [1.29, 1.82) is 0 Å². The van der Waals surface area contributed by atoms with E-state index in [2.05, 4.69) is 208 Å². The average Bonchev–Trinajstić information content (AvgIpc) is 3.46. The number of benzene rings is 10. The van der Waals surface area contributed by atoms with Gasteiger partial charge in [-0.05, 0) is 140 Å². The normalized spacial score (nSPS) is 13.1. The lowest BCUT2D eigenvalue weighted by Gasteiger charge is -2.22. The van der Waals surface area contributed by atoms with Crippen LogP contribution in [0.2, 0.25) is 0 Å². The minimum Gasteiger partial charge on any atom is -0.0616 e. The summed E-state index contributed by atoms with van der Waals surface area (Å²) in [7, 11) is 0. The van der Waals surface area contributed by atoms with E-state index >= 15 is 0 Å². The zero-order valence-electron chi connectivity index (χ0n) is 31.0. The lowest BCUT2D eigenvalue weighted by atomic mass is 9.81. The van der Waals surface area contributed by atoms with Gasteiger partial charge in [-0.25, -0.2) is 0 Å². The first-order valence-corrected chi connectivity index (χ1v) is 19.3. The Hall–Kier alpha value is -6.76. The van der Waals surface area contributed by atoms with Gasteiger partial charge in [0.25, 0.3) is 0 Å². The molecule has 0 saturated carbocycles. The second-order valence-electron chi connectivity index (χ2n) is 15.7. The fourth-order valence-corrected chi connectivity index (χ4v) is 9.42. The second kappa shape index (κ2) is 12.1. The number of rotatable bonds is 4. The first-order chi connectivity index (χ1) is 27.0. The highest BCUT2D eigenvalue weighted by atomic mass is 14.4. The molecule has 1 aliphatic carbocycles. The van der Waals surface area contributed by atoms with Crippen LogP contribution in [0, 0.1) is 0 Å². The molecule has 0 saturated heterocycles.